The van der Waals surface area contributed by atoms with Crippen LogP contribution >= 0.6 is 23.2 Å². The van der Waals surface area contributed by atoms with Crippen LogP contribution < -0.4 is 0 Å². The van der Waals surface area contributed by atoms with Gasteiger partial charge in [0, 0.05) is 17.7 Å². The van der Waals surface area contributed by atoms with Gasteiger partial charge < -0.3 is 0 Å². The molecule has 0 aliphatic heterocycles. The highest BCUT2D eigenvalue weighted by Crippen LogP contribution is 2.19. The zero-order valence-corrected chi connectivity index (χ0v) is 10.0. The smallest absolute Gasteiger partial charge is 0.145 e. The zero-order valence-electron chi connectivity index (χ0n) is 8.50. The fourth-order valence-electron chi connectivity index (χ4n) is 1.39. The zero-order chi connectivity index (χ0) is 11.4. The average molecular weight is 250 g/mol. The van der Waals surface area contributed by atoms with Gasteiger partial charge >= 0.3 is 0 Å². The van der Waals surface area contributed by atoms with Crippen molar-refractivity contribution in [2.24, 2.45) is 0 Å². The first-order valence-corrected chi connectivity index (χ1v) is 5.82. The van der Waals surface area contributed by atoms with Crippen LogP contribution in [-0.4, -0.2) is 10.9 Å². The minimum Gasteiger partial charge on any atom is -0.235 e. The number of hydrogen-bond acceptors (Lipinski definition) is 1. The molecule has 2 aromatic rings. The molecule has 1 heterocycles. The summed E-state index contributed by atoms with van der Waals surface area (Å²) in [7, 11) is 0. The Morgan fingerprint density at radius 1 is 1.25 bits per heavy atom. The molecular weight excluding hydrogens is 241 g/mol. The monoisotopic (exact) mass is 249 g/mol. The molecule has 0 atom stereocenters. The fraction of sp³-hybridized carbons (Fsp3) is 0.154. The van der Waals surface area contributed by atoms with Crippen LogP contribution in [0.15, 0.2) is 30.3 Å². The molecule has 0 saturated carbocycles. The first-order chi connectivity index (χ1) is 7.81. The molecule has 1 aromatic heterocycles. The van der Waals surface area contributed by atoms with Gasteiger partial charge in [0.25, 0.3) is 0 Å². The molecule has 1 nitrogen and oxygen atoms in total. The Kier molecular flexibility index (Phi) is 3.66. The van der Waals surface area contributed by atoms with Gasteiger partial charge in [-0.25, -0.2) is 4.98 Å². The van der Waals surface area contributed by atoms with Crippen molar-refractivity contribution >= 4 is 34.1 Å². The second-order valence-electron chi connectivity index (χ2n) is 3.26. The van der Waals surface area contributed by atoms with Gasteiger partial charge in [0.2, 0.25) is 0 Å². The van der Waals surface area contributed by atoms with Crippen LogP contribution in [0.25, 0.3) is 10.9 Å². The number of aromatic nitrogens is 1. The van der Waals surface area contributed by atoms with E-state index in [1.54, 1.807) is 0 Å². The van der Waals surface area contributed by atoms with Gasteiger partial charge in [-0.05, 0) is 12.1 Å². The molecule has 0 aliphatic rings. The Labute approximate surface area is 104 Å². The van der Waals surface area contributed by atoms with Crippen molar-refractivity contribution in [3.8, 4) is 11.8 Å². The average Bonchev–Trinajstić information content (AvgIpc) is 2.30. The lowest BCUT2D eigenvalue weighted by molar-refractivity contribution is 1.29. The number of alkyl halides is 1. The summed E-state index contributed by atoms with van der Waals surface area (Å²) in [4.78, 5) is 4.28. The first-order valence-electron chi connectivity index (χ1n) is 4.91. The van der Waals surface area contributed by atoms with Gasteiger partial charge in [0.1, 0.15) is 5.15 Å². The molecule has 1 aromatic carbocycles. The van der Waals surface area contributed by atoms with Gasteiger partial charge in [0.05, 0.1) is 11.1 Å². The van der Waals surface area contributed by atoms with Crippen LogP contribution in [0, 0.1) is 11.8 Å². The minimum atomic E-state index is 0.445. The van der Waals surface area contributed by atoms with Gasteiger partial charge in [-0.1, -0.05) is 41.6 Å². The standard InChI is InChI=1S/C13H9Cl2N/c14-8-4-3-6-11-9-10-5-1-2-7-12(10)16-13(11)15/h1-2,5,7,9H,4,8H2. The van der Waals surface area contributed by atoms with Gasteiger partial charge in [-0.15, -0.1) is 11.6 Å². The maximum Gasteiger partial charge on any atom is 0.145 e. The quantitative estimate of drug-likeness (QED) is 0.425. The molecule has 0 fully saturated rings. The molecule has 0 unspecified atom stereocenters. The topological polar surface area (TPSA) is 12.9 Å². The van der Waals surface area contributed by atoms with E-state index in [0.717, 1.165) is 16.5 Å². The molecule has 0 saturated heterocycles. The molecule has 0 aliphatic carbocycles. The lowest BCUT2D eigenvalue weighted by Gasteiger charge is -1.99. The highest BCUT2D eigenvalue weighted by Gasteiger charge is 2.01. The summed E-state index contributed by atoms with van der Waals surface area (Å²) in [6.45, 7) is 0. The number of pyridine rings is 1. The van der Waals surface area contributed by atoms with E-state index in [4.69, 9.17) is 23.2 Å². The SMILES string of the molecule is ClCCC#Cc1cc2ccccc2nc1Cl. The van der Waals surface area contributed by atoms with Crippen LogP contribution in [-0.2, 0) is 0 Å². The third-order valence-corrected chi connectivity index (χ3v) is 2.60. The van der Waals surface area contributed by atoms with E-state index in [2.05, 4.69) is 16.8 Å². The molecular formula is C13H9Cl2N. The molecule has 0 bridgehead atoms. The van der Waals surface area contributed by atoms with Crippen LogP contribution in [0.4, 0.5) is 0 Å². The van der Waals surface area contributed by atoms with E-state index >= 15 is 0 Å². The molecule has 0 N–H and O–H groups in total. The summed E-state index contributed by atoms with van der Waals surface area (Å²) in [5.74, 6) is 6.46. The van der Waals surface area contributed by atoms with Gasteiger partial charge in [-0.2, -0.15) is 0 Å². The Balaban J connectivity index is 2.47. The molecule has 0 spiro atoms. The Bertz CT molecular complexity index is 567. The van der Waals surface area contributed by atoms with E-state index in [-0.39, 0.29) is 0 Å². The molecule has 0 radical (unpaired) electrons. The Morgan fingerprint density at radius 2 is 2.06 bits per heavy atom. The van der Waals surface area contributed by atoms with E-state index in [1.807, 2.05) is 30.3 Å². The lowest BCUT2D eigenvalue weighted by atomic mass is 10.1. The number of benzene rings is 1. The van der Waals surface area contributed by atoms with Crippen LogP contribution in [0.5, 0.6) is 0 Å². The van der Waals surface area contributed by atoms with Gasteiger partial charge in [-0.3, -0.25) is 0 Å². The molecule has 2 rings (SSSR count). The second-order valence-corrected chi connectivity index (χ2v) is 4.00. The Hall–Kier alpha value is -1.23. The van der Waals surface area contributed by atoms with Crippen molar-refractivity contribution in [2.45, 2.75) is 6.42 Å². The normalized spacial score (nSPS) is 9.88. The summed E-state index contributed by atoms with van der Waals surface area (Å²) in [6.07, 6.45) is 0.657. The number of para-hydroxylation sites is 1. The Morgan fingerprint density at radius 3 is 2.88 bits per heavy atom. The summed E-state index contributed by atoms with van der Waals surface area (Å²) in [5.41, 5.74) is 1.64. The van der Waals surface area contributed by atoms with E-state index in [1.165, 1.54) is 0 Å². The predicted molar refractivity (Wildman–Crippen MR) is 69.0 cm³/mol. The van der Waals surface area contributed by atoms with Crippen molar-refractivity contribution in [1.29, 1.82) is 0 Å². The number of rotatable bonds is 1. The first kappa shape index (κ1) is 11.3. The van der Waals surface area contributed by atoms with Crippen LogP contribution in [0.2, 0.25) is 5.15 Å². The van der Waals surface area contributed by atoms with Crippen molar-refractivity contribution in [3.63, 3.8) is 0 Å². The van der Waals surface area contributed by atoms with Crippen LogP contribution in [0.1, 0.15) is 12.0 Å². The molecule has 0 amide bonds. The van der Waals surface area contributed by atoms with Gasteiger partial charge in [0.15, 0.2) is 0 Å². The van der Waals surface area contributed by atoms with E-state index < -0.39 is 0 Å². The third-order valence-electron chi connectivity index (χ3n) is 2.12. The van der Waals surface area contributed by atoms with E-state index in [0.29, 0.717) is 17.5 Å². The van der Waals surface area contributed by atoms with E-state index in [9.17, 15) is 0 Å². The molecule has 80 valence electrons. The second kappa shape index (κ2) is 5.21. The summed E-state index contributed by atoms with van der Waals surface area (Å²) in [5, 5.41) is 1.49. The number of hydrogen-bond donors (Lipinski definition) is 0. The van der Waals surface area contributed by atoms with Crippen molar-refractivity contribution in [1.82, 2.24) is 4.98 Å². The number of nitrogens with zero attached hydrogens (tertiary/aromatic N) is 1. The number of fused-ring (bicyclic) bond motifs is 1. The van der Waals surface area contributed by atoms with Crippen molar-refractivity contribution in [3.05, 3.63) is 41.0 Å². The van der Waals surface area contributed by atoms with Crippen molar-refractivity contribution in [2.75, 3.05) is 5.88 Å². The maximum atomic E-state index is 6.04. The maximum absolute atomic E-state index is 6.04. The summed E-state index contributed by atoms with van der Waals surface area (Å²) < 4.78 is 0. The fourth-order valence-corrected chi connectivity index (χ4v) is 1.67. The minimum absolute atomic E-state index is 0.445. The predicted octanol–water partition coefficient (Wildman–Crippen LogP) is 3.87. The highest BCUT2D eigenvalue weighted by molar-refractivity contribution is 6.31. The number of halogens is 2. The summed E-state index contributed by atoms with van der Waals surface area (Å²) in [6, 6.07) is 9.77. The lowest BCUT2D eigenvalue weighted by Crippen LogP contribution is -1.85. The largest absolute Gasteiger partial charge is 0.235 e. The third kappa shape index (κ3) is 2.47. The summed E-state index contributed by atoms with van der Waals surface area (Å²) >= 11 is 11.6. The molecule has 16 heavy (non-hydrogen) atoms. The van der Waals surface area contributed by atoms with Crippen molar-refractivity contribution < 1.29 is 0 Å². The molecule has 3 heteroatoms. The van der Waals surface area contributed by atoms with Crippen LogP contribution in [0.3, 0.4) is 0 Å². The highest BCUT2D eigenvalue weighted by atomic mass is 35.5.